The number of hydrogen-bond acceptors (Lipinski definition) is 4. The summed E-state index contributed by atoms with van der Waals surface area (Å²) in [4.78, 5) is 14.4. The smallest absolute Gasteiger partial charge is 0.345 e. The summed E-state index contributed by atoms with van der Waals surface area (Å²) in [6, 6.07) is 3.56. The quantitative estimate of drug-likeness (QED) is 0.834. The van der Waals surface area contributed by atoms with Crippen molar-refractivity contribution in [1.82, 2.24) is 4.90 Å². The largest absolute Gasteiger partial charge is 0.477 e. The first-order valence-corrected chi connectivity index (χ1v) is 6.84. The molecule has 15 heavy (non-hydrogen) atoms. The Morgan fingerprint density at radius 2 is 2.33 bits per heavy atom. The fourth-order valence-corrected chi connectivity index (χ4v) is 2.59. The van der Waals surface area contributed by atoms with Gasteiger partial charge in [0.2, 0.25) is 0 Å². The van der Waals surface area contributed by atoms with Crippen molar-refractivity contribution in [1.29, 1.82) is 0 Å². The summed E-state index contributed by atoms with van der Waals surface area (Å²) in [5.41, 5.74) is 0. The number of hydrogen-bond donors (Lipinski definition) is 1. The van der Waals surface area contributed by atoms with E-state index in [9.17, 15) is 4.79 Å². The Hall–Kier alpha value is -0.520. The minimum absolute atomic E-state index is 0.420. The molecule has 5 heteroatoms. The highest BCUT2D eigenvalue weighted by molar-refractivity contribution is 7.98. The molecular weight excluding hydrogens is 230 g/mol. The van der Waals surface area contributed by atoms with Gasteiger partial charge in [-0.05, 0) is 25.4 Å². The van der Waals surface area contributed by atoms with Gasteiger partial charge < -0.3 is 10.0 Å². The van der Waals surface area contributed by atoms with Crippen molar-refractivity contribution in [2.45, 2.75) is 6.54 Å². The van der Waals surface area contributed by atoms with Crippen molar-refractivity contribution in [3.63, 3.8) is 0 Å². The number of carboxylic acids is 1. The van der Waals surface area contributed by atoms with Crippen molar-refractivity contribution in [3.8, 4) is 0 Å². The Morgan fingerprint density at radius 1 is 1.60 bits per heavy atom. The van der Waals surface area contributed by atoms with Crippen LogP contribution in [0.15, 0.2) is 12.1 Å². The number of thioether (sulfide) groups is 1. The average molecular weight is 245 g/mol. The molecule has 1 heterocycles. The van der Waals surface area contributed by atoms with Gasteiger partial charge in [0.15, 0.2) is 0 Å². The molecule has 0 atom stereocenters. The van der Waals surface area contributed by atoms with E-state index in [1.807, 2.05) is 17.8 Å². The van der Waals surface area contributed by atoms with E-state index in [2.05, 4.69) is 18.2 Å². The topological polar surface area (TPSA) is 40.5 Å². The second-order valence-corrected chi connectivity index (χ2v) is 5.46. The first kappa shape index (κ1) is 12.5. The summed E-state index contributed by atoms with van der Waals surface area (Å²) in [5.74, 6) is 0.270. The van der Waals surface area contributed by atoms with Crippen LogP contribution >= 0.6 is 23.1 Å². The highest BCUT2D eigenvalue weighted by Crippen LogP contribution is 2.17. The second kappa shape index (κ2) is 6.15. The van der Waals surface area contributed by atoms with E-state index in [1.165, 1.54) is 11.3 Å². The van der Waals surface area contributed by atoms with Crippen LogP contribution in [-0.2, 0) is 6.54 Å². The van der Waals surface area contributed by atoms with Gasteiger partial charge in [0.05, 0.1) is 0 Å². The molecule has 0 aliphatic rings. The van der Waals surface area contributed by atoms with E-state index in [1.54, 1.807) is 6.07 Å². The Labute approximate surface area is 98.1 Å². The van der Waals surface area contributed by atoms with Crippen LogP contribution in [0.5, 0.6) is 0 Å². The van der Waals surface area contributed by atoms with Crippen molar-refractivity contribution < 1.29 is 9.90 Å². The molecule has 0 saturated carbocycles. The minimum Gasteiger partial charge on any atom is -0.477 e. The van der Waals surface area contributed by atoms with Gasteiger partial charge in [-0.2, -0.15) is 11.8 Å². The maximum Gasteiger partial charge on any atom is 0.345 e. The molecule has 0 radical (unpaired) electrons. The van der Waals surface area contributed by atoms with E-state index >= 15 is 0 Å². The maximum atomic E-state index is 10.7. The van der Waals surface area contributed by atoms with Gasteiger partial charge in [0.25, 0.3) is 0 Å². The minimum atomic E-state index is -0.835. The van der Waals surface area contributed by atoms with E-state index in [-0.39, 0.29) is 0 Å². The molecule has 0 saturated heterocycles. The SMILES string of the molecule is CSCCN(C)Cc1ccc(C(=O)O)s1. The van der Waals surface area contributed by atoms with Crippen LogP contribution in [0.1, 0.15) is 14.5 Å². The molecule has 1 rings (SSSR count). The molecule has 1 N–H and O–H groups in total. The van der Waals surface area contributed by atoms with Gasteiger partial charge >= 0.3 is 5.97 Å². The first-order valence-electron chi connectivity index (χ1n) is 4.63. The van der Waals surface area contributed by atoms with Crippen LogP contribution in [0, 0.1) is 0 Å². The molecule has 0 aliphatic carbocycles. The zero-order valence-electron chi connectivity index (χ0n) is 8.90. The number of nitrogens with zero attached hydrogens (tertiary/aromatic N) is 1. The van der Waals surface area contributed by atoms with Crippen LogP contribution < -0.4 is 0 Å². The summed E-state index contributed by atoms with van der Waals surface area (Å²) >= 11 is 3.17. The van der Waals surface area contributed by atoms with E-state index in [0.29, 0.717) is 4.88 Å². The third-order valence-corrected chi connectivity index (χ3v) is 3.62. The van der Waals surface area contributed by atoms with Crippen LogP contribution in [-0.4, -0.2) is 41.6 Å². The normalized spacial score (nSPS) is 10.9. The van der Waals surface area contributed by atoms with E-state index in [0.717, 1.165) is 23.7 Å². The third kappa shape index (κ3) is 4.24. The third-order valence-electron chi connectivity index (χ3n) is 1.98. The molecule has 1 aromatic heterocycles. The molecule has 0 unspecified atom stereocenters. The van der Waals surface area contributed by atoms with Crippen LogP contribution in [0.2, 0.25) is 0 Å². The van der Waals surface area contributed by atoms with Crippen LogP contribution in [0.3, 0.4) is 0 Å². The molecule has 0 fully saturated rings. The number of carbonyl (C=O) groups is 1. The lowest BCUT2D eigenvalue weighted by molar-refractivity contribution is 0.0702. The lowest BCUT2D eigenvalue weighted by Gasteiger charge is -2.14. The fraction of sp³-hybridized carbons (Fsp3) is 0.500. The second-order valence-electron chi connectivity index (χ2n) is 3.30. The number of rotatable bonds is 6. The standard InChI is InChI=1S/C10H15NO2S2/c1-11(5-6-14-2)7-8-3-4-9(15-8)10(12)13/h3-4H,5-7H2,1-2H3,(H,12,13). The number of thiophene rings is 1. The highest BCUT2D eigenvalue weighted by atomic mass is 32.2. The molecule has 0 bridgehead atoms. The molecule has 84 valence electrons. The predicted molar refractivity (Wildman–Crippen MR) is 66.0 cm³/mol. The zero-order chi connectivity index (χ0) is 11.3. The van der Waals surface area contributed by atoms with Gasteiger partial charge in [0, 0.05) is 23.7 Å². The van der Waals surface area contributed by atoms with Gasteiger partial charge in [-0.1, -0.05) is 0 Å². The average Bonchev–Trinajstić information content (AvgIpc) is 2.63. The molecule has 0 amide bonds. The van der Waals surface area contributed by atoms with Gasteiger partial charge in [-0.3, -0.25) is 0 Å². The molecule has 0 spiro atoms. The Kier molecular flexibility index (Phi) is 5.14. The van der Waals surface area contributed by atoms with Crippen molar-refractivity contribution in [2.75, 3.05) is 25.6 Å². The molecule has 0 aliphatic heterocycles. The Morgan fingerprint density at radius 3 is 2.87 bits per heavy atom. The summed E-state index contributed by atoms with van der Waals surface area (Å²) in [5, 5.41) is 8.77. The molecule has 3 nitrogen and oxygen atoms in total. The monoisotopic (exact) mass is 245 g/mol. The molecular formula is C10H15NO2S2. The summed E-state index contributed by atoms with van der Waals surface area (Å²) in [6.07, 6.45) is 2.08. The van der Waals surface area contributed by atoms with E-state index in [4.69, 9.17) is 5.11 Å². The summed E-state index contributed by atoms with van der Waals surface area (Å²) in [6.45, 7) is 1.86. The first-order chi connectivity index (χ1) is 7.13. The molecule has 0 aromatic carbocycles. The summed E-state index contributed by atoms with van der Waals surface area (Å²) < 4.78 is 0. The Bertz CT molecular complexity index is 325. The lowest BCUT2D eigenvalue weighted by Crippen LogP contribution is -2.19. The predicted octanol–water partition coefficient (Wildman–Crippen LogP) is 2.24. The van der Waals surface area contributed by atoms with Crippen molar-refractivity contribution in [2.24, 2.45) is 0 Å². The lowest BCUT2D eigenvalue weighted by atomic mass is 10.4. The Balaban J connectivity index is 2.46. The number of carboxylic acid groups (broad SMARTS) is 1. The zero-order valence-corrected chi connectivity index (χ0v) is 10.5. The van der Waals surface area contributed by atoms with Gasteiger partial charge in [0.1, 0.15) is 4.88 Å². The fourth-order valence-electron chi connectivity index (χ4n) is 1.17. The maximum absolute atomic E-state index is 10.7. The highest BCUT2D eigenvalue weighted by Gasteiger charge is 2.08. The van der Waals surface area contributed by atoms with Crippen LogP contribution in [0.4, 0.5) is 0 Å². The number of aromatic carboxylic acids is 1. The van der Waals surface area contributed by atoms with E-state index < -0.39 is 5.97 Å². The van der Waals surface area contributed by atoms with Crippen LogP contribution in [0.25, 0.3) is 0 Å². The summed E-state index contributed by atoms with van der Waals surface area (Å²) in [7, 11) is 2.05. The van der Waals surface area contributed by atoms with Crippen molar-refractivity contribution >= 4 is 29.1 Å². The molecule has 1 aromatic rings. The van der Waals surface area contributed by atoms with Crippen molar-refractivity contribution in [3.05, 3.63) is 21.9 Å². The van der Waals surface area contributed by atoms with Gasteiger partial charge in [-0.25, -0.2) is 4.79 Å². The van der Waals surface area contributed by atoms with Gasteiger partial charge in [-0.15, -0.1) is 11.3 Å².